The lowest BCUT2D eigenvalue weighted by Crippen LogP contribution is -2.02. The average Bonchev–Trinajstić information content (AvgIpc) is 3.30. The number of halogens is 3. The van der Waals surface area contributed by atoms with E-state index in [1.54, 1.807) is 24.5 Å². The van der Waals surface area contributed by atoms with E-state index in [1.165, 1.54) is 23.9 Å². The highest BCUT2D eigenvalue weighted by Gasteiger charge is 2.19. The Balaban J connectivity index is 1.76. The van der Waals surface area contributed by atoms with Crippen LogP contribution in [0.3, 0.4) is 0 Å². The van der Waals surface area contributed by atoms with Gasteiger partial charge >= 0.3 is 0 Å². The van der Waals surface area contributed by atoms with Crippen molar-refractivity contribution in [2.75, 3.05) is 0 Å². The molecular weight excluding hydrogens is 404 g/mol. The summed E-state index contributed by atoms with van der Waals surface area (Å²) >= 11 is 7.52. The van der Waals surface area contributed by atoms with Gasteiger partial charge in [0.25, 0.3) is 0 Å². The molecule has 4 aromatic rings. The summed E-state index contributed by atoms with van der Waals surface area (Å²) in [4.78, 5) is 0. The Kier molecular flexibility index (Phi) is 5.19. The van der Waals surface area contributed by atoms with Gasteiger partial charge in [0.15, 0.2) is 10.9 Å². The van der Waals surface area contributed by atoms with Crippen LogP contribution in [0.25, 0.3) is 17.3 Å². The topological polar surface area (TPSA) is 43.9 Å². The van der Waals surface area contributed by atoms with E-state index in [2.05, 4.69) is 10.2 Å². The van der Waals surface area contributed by atoms with Gasteiger partial charge in [-0.25, -0.2) is 8.78 Å². The van der Waals surface area contributed by atoms with Crippen molar-refractivity contribution in [3.05, 3.63) is 82.6 Å². The summed E-state index contributed by atoms with van der Waals surface area (Å²) in [5.74, 6) is 0.168. The zero-order valence-corrected chi connectivity index (χ0v) is 16.3. The molecule has 0 unspecified atom stereocenters. The molecule has 8 heteroatoms. The van der Waals surface area contributed by atoms with Crippen molar-refractivity contribution in [2.24, 2.45) is 0 Å². The third-order valence-corrected chi connectivity index (χ3v) is 5.31. The number of hydrogen-bond acceptors (Lipinski definition) is 4. The van der Waals surface area contributed by atoms with Gasteiger partial charge in [-0.1, -0.05) is 29.4 Å². The molecule has 0 amide bonds. The monoisotopic (exact) mass is 417 g/mol. The molecular formula is C20H14ClF2N3OS. The van der Waals surface area contributed by atoms with Crippen molar-refractivity contribution in [2.45, 2.75) is 17.8 Å². The second kappa shape index (κ2) is 7.77. The molecule has 0 aliphatic heterocycles. The summed E-state index contributed by atoms with van der Waals surface area (Å²) in [6, 6.07) is 12.5. The van der Waals surface area contributed by atoms with Gasteiger partial charge in [-0.15, -0.1) is 10.2 Å². The molecule has 0 fully saturated rings. The lowest BCUT2D eigenvalue weighted by atomic mass is 10.2. The van der Waals surface area contributed by atoms with Gasteiger partial charge in [0.2, 0.25) is 5.82 Å². The van der Waals surface area contributed by atoms with Crippen molar-refractivity contribution in [3.63, 3.8) is 0 Å². The highest BCUT2D eigenvalue weighted by Crippen LogP contribution is 2.32. The second-order valence-corrected chi connectivity index (χ2v) is 7.50. The van der Waals surface area contributed by atoms with Crippen LogP contribution in [0.2, 0.25) is 5.02 Å². The zero-order chi connectivity index (χ0) is 19.7. The molecule has 0 radical (unpaired) electrons. The SMILES string of the molecule is Cc1ccc(Cl)cc1-n1c(SCc2cc(F)cc(F)c2)nnc1-c1ccco1. The highest BCUT2D eigenvalue weighted by atomic mass is 35.5. The Morgan fingerprint density at radius 3 is 2.57 bits per heavy atom. The molecule has 4 nitrogen and oxygen atoms in total. The first-order valence-corrected chi connectivity index (χ1v) is 9.71. The number of hydrogen-bond donors (Lipinski definition) is 0. The van der Waals surface area contributed by atoms with E-state index in [1.807, 2.05) is 23.6 Å². The maximum Gasteiger partial charge on any atom is 0.205 e. The Bertz CT molecular complexity index is 1110. The fourth-order valence-corrected chi connectivity index (χ4v) is 3.85. The largest absolute Gasteiger partial charge is 0.461 e. The lowest BCUT2D eigenvalue weighted by Gasteiger charge is -2.12. The summed E-state index contributed by atoms with van der Waals surface area (Å²) < 4.78 is 34.3. The number of thioether (sulfide) groups is 1. The predicted octanol–water partition coefficient (Wildman–Crippen LogP) is 6.06. The van der Waals surface area contributed by atoms with Gasteiger partial charge in [-0.3, -0.25) is 4.57 Å². The van der Waals surface area contributed by atoms with Crippen LogP contribution in [0.5, 0.6) is 0 Å². The first kappa shape index (κ1) is 18.7. The van der Waals surface area contributed by atoms with E-state index in [9.17, 15) is 8.78 Å². The number of rotatable bonds is 5. The number of aromatic nitrogens is 3. The summed E-state index contributed by atoms with van der Waals surface area (Å²) in [6.45, 7) is 1.95. The van der Waals surface area contributed by atoms with Gasteiger partial charge < -0.3 is 4.42 Å². The maximum atomic E-state index is 13.5. The van der Waals surface area contributed by atoms with Crippen LogP contribution in [-0.2, 0) is 5.75 Å². The van der Waals surface area contributed by atoms with E-state index < -0.39 is 11.6 Å². The van der Waals surface area contributed by atoms with Gasteiger partial charge in [0, 0.05) is 16.8 Å². The Morgan fingerprint density at radius 1 is 1.07 bits per heavy atom. The first-order valence-electron chi connectivity index (χ1n) is 8.35. The molecule has 2 aromatic heterocycles. The first-order chi connectivity index (χ1) is 13.5. The number of benzene rings is 2. The Hall–Kier alpha value is -2.64. The molecule has 4 rings (SSSR count). The molecule has 0 aliphatic rings. The second-order valence-electron chi connectivity index (χ2n) is 6.12. The van der Waals surface area contributed by atoms with Gasteiger partial charge in [-0.2, -0.15) is 0 Å². The third-order valence-electron chi connectivity index (χ3n) is 4.08. The van der Waals surface area contributed by atoms with Crippen molar-refractivity contribution < 1.29 is 13.2 Å². The van der Waals surface area contributed by atoms with Crippen molar-refractivity contribution in [1.82, 2.24) is 14.8 Å². The van der Waals surface area contributed by atoms with Crippen LogP contribution >= 0.6 is 23.4 Å². The quantitative estimate of drug-likeness (QED) is 0.370. The summed E-state index contributed by atoms with van der Waals surface area (Å²) in [5, 5.41) is 9.65. The van der Waals surface area contributed by atoms with Crippen LogP contribution in [0.15, 0.2) is 64.4 Å². The van der Waals surface area contributed by atoms with E-state index in [-0.39, 0.29) is 0 Å². The fourth-order valence-electron chi connectivity index (χ4n) is 2.81. The Morgan fingerprint density at radius 2 is 1.86 bits per heavy atom. The fraction of sp³-hybridized carbons (Fsp3) is 0.100. The number of aryl methyl sites for hydroxylation is 1. The van der Waals surface area contributed by atoms with Gasteiger partial charge in [-0.05, 0) is 54.4 Å². The van der Waals surface area contributed by atoms with Crippen LogP contribution < -0.4 is 0 Å². The summed E-state index contributed by atoms with van der Waals surface area (Å²) in [7, 11) is 0. The molecule has 0 saturated carbocycles. The van der Waals surface area contributed by atoms with E-state index in [0.29, 0.717) is 33.1 Å². The lowest BCUT2D eigenvalue weighted by molar-refractivity contribution is 0.575. The molecule has 2 aromatic carbocycles. The Labute approximate surface area is 169 Å². The standard InChI is InChI=1S/C20H14ClF2N3OS/c1-12-4-5-14(21)9-17(12)26-19(18-3-2-6-27-18)24-25-20(26)28-11-13-7-15(22)10-16(23)8-13/h2-10H,11H2,1H3. The zero-order valence-electron chi connectivity index (χ0n) is 14.7. The molecule has 0 atom stereocenters. The summed E-state index contributed by atoms with van der Waals surface area (Å²) in [6.07, 6.45) is 1.56. The van der Waals surface area contributed by atoms with E-state index >= 15 is 0 Å². The molecule has 0 saturated heterocycles. The summed E-state index contributed by atoms with van der Waals surface area (Å²) in [5.41, 5.74) is 2.28. The highest BCUT2D eigenvalue weighted by molar-refractivity contribution is 7.98. The molecule has 2 heterocycles. The van der Waals surface area contributed by atoms with Crippen LogP contribution in [0.4, 0.5) is 8.78 Å². The van der Waals surface area contributed by atoms with Crippen LogP contribution in [-0.4, -0.2) is 14.8 Å². The molecule has 0 N–H and O–H groups in total. The minimum atomic E-state index is -0.612. The smallest absolute Gasteiger partial charge is 0.205 e. The predicted molar refractivity (Wildman–Crippen MR) is 105 cm³/mol. The molecule has 142 valence electrons. The van der Waals surface area contributed by atoms with Gasteiger partial charge in [0.1, 0.15) is 11.6 Å². The van der Waals surface area contributed by atoms with Crippen molar-refractivity contribution in [3.8, 4) is 17.3 Å². The van der Waals surface area contributed by atoms with Gasteiger partial charge in [0.05, 0.1) is 12.0 Å². The number of nitrogens with zero attached hydrogens (tertiary/aromatic N) is 3. The normalized spacial score (nSPS) is 11.1. The molecule has 28 heavy (non-hydrogen) atoms. The third kappa shape index (κ3) is 3.81. The van der Waals surface area contributed by atoms with E-state index in [4.69, 9.17) is 16.0 Å². The van der Waals surface area contributed by atoms with Crippen LogP contribution in [0.1, 0.15) is 11.1 Å². The van der Waals surface area contributed by atoms with E-state index in [0.717, 1.165) is 17.3 Å². The number of furan rings is 1. The molecule has 0 bridgehead atoms. The molecule has 0 aliphatic carbocycles. The van der Waals surface area contributed by atoms with Crippen LogP contribution in [0, 0.1) is 18.6 Å². The van der Waals surface area contributed by atoms with Crippen molar-refractivity contribution in [1.29, 1.82) is 0 Å². The molecule has 0 spiro atoms. The minimum absolute atomic E-state index is 0.324. The minimum Gasteiger partial charge on any atom is -0.461 e. The maximum absolute atomic E-state index is 13.5. The average molecular weight is 418 g/mol. The van der Waals surface area contributed by atoms with Crippen molar-refractivity contribution >= 4 is 23.4 Å².